The fraction of sp³-hybridized carbons (Fsp3) is 0.316. The summed E-state index contributed by atoms with van der Waals surface area (Å²) in [5.74, 6) is 0. The summed E-state index contributed by atoms with van der Waals surface area (Å²) in [5.41, 5.74) is 3.34. The highest BCUT2D eigenvalue weighted by Gasteiger charge is 2.46. The lowest BCUT2D eigenvalue weighted by Crippen LogP contribution is -2.47. The van der Waals surface area contributed by atoms with Gasteiger partial charge in [0.25, 0.3) is 0 Å². The summed E-state index contributed by atoms with van der Waals surface area (Å²) in [4.78, 5) is 0. The number of nitrogens with zero attached hydrogens (tertiary/aromatic N) is 1. The number of hydrogen-bond acceptors (Lipinski definition) is 2. The van der Waals surface area contributed by atoms with Crippen LogP contribution in [0.5, 0.6) is 0 Å². The van der Waals surface area contributed by atoms with Crippen LogP contribution in [0.25, 0.3) is 0 Å². The van der Waals surface area contributed by atoms with Gasteiger partial charge in [-0.15, -0.1) is 0 Å². The van der Waals surface area contributed by atoms with Crippen molar-refractivity contribution in [2.45, 2.75) is 37.6 Å². The van der Waals surface area contributed by atoms with E-state index in [0.29, 0.717) is 6.04 Å². The Morgan fingerprint density at radius 2 is 1.76 bits per heavy atom. The van der Waals surface area contributed by atoms with Crippen LogP contribution in [0.3, 0.4) is 0 Å². The van der Waals surface area contributed by atoms with Crippen LogP contribution in [-0.4, -0.2) is 6.04 Å². The molecule has 0 radical (unpaired) electrons. The van der Waals surface area contributed by atoms with Crippen LogP contribution in [0.15, 0.2) is 54.6 Å². The molecule has 2 heteroatoms. The number of aryl methyl sites for hydroxylation is 1. The Kier molecular flexibility index (Phi) is 3.66. The highest BCUT2D eigenvalue weighted by molar-refractivity contribution is 5.48. The Morgan fingerprint density at radius 3 is 2.33 bits per heavy atom. The lowest BCUT2D eigenvalue weighted by molar-refractivity contribution is 0.289. The molecule has 0 aliphatic heterocycles. The first-order valence-electron chi connectivity index (χ1n) is 7.58. The second kappa shape index (κ2) is 5.61. The Bertz CT molecular complexity index is 632. The monoisotopic (exact) mass is 276 g/mol. The zero-order chi connectivity index (χ0) is 14.7. The van der Waals surface area contributed by atoms with E-state index in [9.17, 15) is 5.26 Å². The van der Waals surface area contributed by atoms with Crippen molar-refractivity contribution in [3.63, 3.8) is 0 Å². The minimum absolute atomic E-state index is 0.303. The predicted octanol–water partition coefficient (Wildman–Crippen LogP) is 4.28. The van der Waals surface area contributed by atoms with Gasteiger partial charge in [-0.05, 0) is 42.5 Å². The molecule has 1 fully saturated rings. The third-order valence-corrected chi connectivity index (χ3v) is 4.46. The molecule has 0 heterocycles. The van der Waals surface area contributed by atoms with Crippen LogP contribution in [0.4, 0.5) is 5.69 Å². The second-order valence-corrected chi connectivity index (χ2v) is 5.86. The summed E-state index contributed by atoms with van der Waals surface area (Å²) < 4.78 is 0. The van der Waals surface area contributed by atoms with Crippen LogP contribution < -0.4 is 5.32 Å². The molecule has 0 amide bonds. The maximum absolute atomic E-state index is 9.56. The molecule has 0 aromatic heterocycles. The van der Waals surface area contributed by atoms with Gasteiger partial charge in [-0.1, -0.05) is 49.4 Å². The molecule has 0 atom stereocenters. The van der Waals surface area contributed by atoms with E-state index in [0.717, 1.165) is 30.5 Å². The van der Waals surface area contributed by atoms with E-state index >= 15 is 0 Å². The smallest absolute Gasteiger partial charge is 0.0861 e. The van der Waals surface area contributed by atoms with Crippen LogP contribution in [0.2, 0.25) is 0 Å². The maximum atomic E-state index is 9.56. The molecule has 2 aromatic carbocycles. The van der Waals surface area contributed by atoms with Gasteiger partial charge in [-0.2, -0.15) is 5.26 Å². The third-order valence-electron chi connectivity index (χ3n) is 4.46. The summed E-state index contributed by atoms with van der Waals surface area (Å²) in [6.07, 6.45) is 2.82. The standard InChI is InChI=1S/C19H20N2/c1-2-15-8-10-17(11-9-15)21-18-12-19(13-18,14-20)16-6-4-3-5-7-16/h3-11,18,21H,2,12-13H2,1H3. The van der Waals surface area contributed by atoms with Gasteiger partial charge in [0.1, 0.15) is 0 Å². The summed E-state index contributed by atoms with van der Waals surface area (Å²) in [6.45, 7) is 2.16. The fourth-order valence-corrected chi connectivity index (χ4v) is 3.10. The number of anilines is 1. The van der Waals surface area contributed by atoms with Crippen molar-refractivity contribution >= 4 is 5.69 Å². The van der Waals surface area contributed by atoms with Crippen molar-refractivity contribution in [2.75, 3.05) is 5.32 Å². The first-order chi connectivity index (χ1) is 10.3. The van der Waals surface area contributed by atoms with Crippen molar-refractivity contribution in [1.82, 2.24) is 0 Å². The normalized spacial score (nSPS) is 23.9. The third kappa shape index (κ3) is 2.64. The van der Waals surface area contributed by atoms with Gasteiger partial charge < -0.3 is 5.32 Å². The van der Waals surface area contributed by atoms with Crippen molar-refractivity contribution in [3.05, 3.63) is 65.7 Å². The SMILES string of the molecule is CCc1ccc(NC2CC(C#N)(c3ccccc3)C2)cc1. The minimum atomic E-state index is -0.303. The number of nitriles is 1. The van der Waals surface area contributed by atoms with Crippen LogP contribution in [0, 0.1) is 11.3 Å². The summed E-state index contributed by atoms with van der Waals surface area (Å²) in [6, 6.07) is 21.7. The molecule has 3 rings (SSSR count). The average molecular weight is 276 g/mol. The quantitative estimate of drug-likeness (QED) is 0.904. The van der Waals surface area contributed by atoms with Crippen molar-refractivity contribution < 1.29 is 0 Å². The Morgan fingerprint density at radius 1 is 1.10 bits per heavy atom. The summed E-state index contributed by atoms with van der Waals surface area (Å²) in [7, 11) is 0. The molecule has 0 bridgehead atoms. The molecule has 0 spiro atoms. The molecular formula is C19H20N2. The summed E-state index contributed by atoms with van der Waals surface area (Å²) in [5, 5.41) is 13.1. The zero-order valence-corrected chi connectivity index (χ0v) is 12.3. The number of hydrogen-bond donors (Lipinski definition) is 1. The lowest BCUT2D eigenvalue weighted by Gasteiger charge is -2.43. The largest absolute Gasteiger partial charge is 0.382 e. The molecule has 106 valence electrons. The average Bonchev–Trinajstić information content (AvgIpc) is 2.52. The van der Waals surface area contributed by atoms with Crippen molar-refractivity contribution in [1.29, 1.82) is 5.26 Å². The number of benzene rings is 2. The van der Waals surface area contributed by atoms with Crippen LogP contribution >= 0.6 is 0 Å². The molecular weight excluding hydrogens is 256 g/mol. The molecule has 0 unspecified atom stereocenters. The van der Waals surface area contributed by atoms with E-state index in [1.807, 2.05) is 18.2 Å². The van der Waals surface area contributed by atoms with E-state index in [2.05, 4.69) is 54.7 Å². The van der Waals surface area contributed by atoms with Gasteiger partial charge in [0.05, 0.1) is 11.5 Å². The molecule has 2 nitrogen and oxygen atoms in total. The molecule has 1 N–H and O–H groups in total. The molecule has 1 saturated carbocycles. The topological polar surface area (TPSA) is 35.8 Å². The second-order valence-electron chi connectivity index (χ2n) is 5.86. The van der Waals surface area contributed by atoms with Crippen molar-refractivity contribution in [2.24, 2.45) is 0 Å². The van der Waals surface area contributed by atoms with E-state index in [1.54, 1.807) is 0 Å². The Balaban J connectivity index is 1.65. The van der Waals surface area contributed by atoms with Gasteiger partial charge in [-0.25, -0.2) is 0 Å². The maximum Gasteiger partial charge on any atom is 0.0861 e. The summed E-state index contributed by atoms with van der Waals surface area (Å²) >= 11 is 0. The van der Waals surface area contributed by atoms with E-state index in [4.69, 9.17) is 0 Å². The van der Waals surface area contributed by atoms with Gasteiger partial charge in [-0.3, -0.25) is 0 Å². The fourth-order valence-electron chi connectivity index (χ4n) is 3.10. The van der Waals surface area contributed by atoms with Crippen LogP contribution in [-0.2, 0) is 11.8 Å². The Labute approximate surface area is 126 Å². The van der Waals surface area contributed by atoms with E-state index in [1.165, 1.54) is 5.56 Å². The van der Waals surface area contributed by atoms with Gasteiger partial charge >= 0.3 is 0 Å². The van der Waals surface area contributed by atoms with Crippen molar-refractivity contribution in [3.8, 4) is 6.07 Å². The van der Waals surface area contributed by atoms with E-state index in [-0.39, 0.29) is 5.41 Å². The Hall–Kier alpha value is -2.27. The lowest BCUT2D eigenvalue weighted by atomic mass is 9.62. The highest BCUT2D eigenvalue weighted by atomic mass is 14.9. The predicted molar refractivity (Wildman–Crippen MR) is 86.2 cm³/mol. The molecule has 1 aliphatic carbocycles. The number of rotatable bonds is 4. The molecule has 0 saturated heterocycles. The first-order valence-corrected chi connectivity index (χ1v) is 7.58. The molecule has 2 aromatic rings. The minimum Gasteiger partial charge on any atom is -0.382 e. The van der Waals surface area contributed by atoms with Gasteiger partial charge in [0.2, 0.25) is 0 Å². The molecule has 1 aliphatic rings. The van der Waals surface area contributed by atoms with Gasteiger partial charge in [0.15, 0.2) is 0 Å². The van der Waals surface area contributed by atoms with Crippen LogP contribution in [0.1, 0.15) is 30.9 Å². The highest BCUT2D eigenvalue weighted by Crippen LogP contribution is 2.44. The zero-order valence-electron chi connectivity index (χ0n) is 12.3. The number of nitrogens with one attached hydrogen (secondary N) is 1. The molecule has 21 heavy (non-hydrogen) atoms. The van der Waals surface area contributed by atoms with E-state index < -0.39 is 0 Å². The van der Waals surface area contributed by atoms with Gasteiger partial charge in [0, 0.05) is 11.7 Å². The first kappa shape index (κ1) is 13.7.